The van der Waals surface area contributed by atoms with Crippen molar-refractivity contribution in [3.63, 3.8) is 0 Å². The van der Waals surface area contributed by atoms with E-state index in [1.807, 2.05) is 36.4 Å². The molecule has 4 aromatic rings. The van der Waals surface area contributed by atoms with E-state index in [0.717, 1.165) is 51.2 Å². The molecule has 0 saturated carbocycles. The van der Waals surface area contributed by atoms with Gasteiger partial charge in [-0.3, -0.25) is 0 Å². The van der Waals surface area contributed by atoms with E-state index >= 15 is 0 Å². The third kappa shape index (κ3) is 2.83. The van der Waals surface area contributed by atoms with Crippen molar-refractivity contribution in [3.05, 3.63) is 64.2 Å². The van der Waals surface area contributed by atoms with Crippen molar-refractivity contribution in [3.8, 4) is 0 Å². The van der Waals surface area contributed by atoms with Crippen LogP contribution < -0.4 is 0 Å². The highest BCUT2D eigenvalue weighted by Crippen LogP contribution is 2.39. The fourth-order valence-electron chi connectivity index (χ4n) is 3.91. The van der Waals surface area contributed by atoms with E-state index in [-0.39, 0.29) is 6.42 Å². The van der Waals surface area contributed by atoms with Gasteiger partial charge >= 0.3 is 0 Å². The third-order valence-electron chi connectivity index (χ3n) is 5.22. The molecule has 1 aliphatic heterocycles. The van der Waals surface area contributed by atoms with Crippen LogP contribution in [0.15, 0.2) is 45.2 Å². The van der Waals surface area contributed by atoms with E-state index in [1.54, 1.807) is 0 Å². The Hall–Kier alpha value is -2.34. The summed E-state index contributed by atoms with van der Waals surface area (Å²) in [5.74, 6) is 1.07. The Balaban J connectivity index is 1.57. The SMILES string of the molecule is CN1CCc2c(Cl)ccc3oc(C(O)Cc4nc5ccccc5o4)c(c23)C1. The second-order valence-corrected chi connectivity index (χ2v) is 7.53. The summed E-state index contributed by atoms with van der Waals surface area (Å²) in [7, 11) is 2.07. The fraction of sp³-hybridized carbons (Fsp3) is 0.286. The smallest absolute Gasteiger partial charge is 0.198 e. The highest BCUT2D eigenvalue weighted by molar-refractivity contribution is 6.32. The number of aromatic nitrogens is 1. The predicted octanol–water partition coefficient (Wildman–Crippen LogP) is 4.49. The maximum atomic E-state index is 10.9. The number of likely N-dealkylation sites (N-methyl/N-ethyl adjacent to an activating group) is 1. The lowest BCUT2D eigenvalue weighted by atomic mass is 10.0. The molecule has 0 amide bonds. The zero-order valence-corrected chi connectivity index (χ0v) is 15.7. The average Bonchev–Trinajstić information content (AvgIpc) is 3.16. The Labute approximate surface area is 161 Å². The topological polar surface area (TPSA) is 62.6 Å². The fourth-order valence-corrected chi connectivity index (χ4v) is 4.16. The largest absolute Gasteiger partial charge is 0.458 e. The molecule has 27 heavy (non-hydrogen) atoms. The minimum Gasteiger partial charge on any atom is -0.458 e. The third-order valence-corrected chi connectivity index (χ3v) is 5.57. The standard InChI is InChI=1S/C21H19ClN2O3/c1-24-9-8-12-14(22)6-7-18-20(12)13(11-24)21(27-18)16(25)10-19-23-15-4-2-3-5-17(15)26-19/h2-7,16,25H,8-11H2,1H3. The molecule has 5 nitrogen and oxygen atoms in total. The van der Waals surface area contributed by atoms with Crippen LogP contribution in [0.2, 0.25) is 5.02 Å². The quantitative estimate of drug-likeness (QED) is 0.565. The number of aliphatic hydroxyl groups is 1. The number of nitrogens with zero attached hydrogens (tertiary/aromatic N) is 2. The number of furan rings is 1. The number of fused-ring (bicyclic) bond motifs is 1. The van der Waals surface area contributed by atoms with Gasteiger partial charge in [-0.1, -0.05) is 23.7 Å². The second kappa shape index (κ2) is 6.37. The lowest BCUT2D eigenvalue weighted by Crippen LogP contribution is -2.19. The molecule has 0 saturated heterocycles. The van der Waals surface area contributed by atoms with E-state index in [0.29, 0.717) is 18.2 Å². The van der Waals surface area contributed by atoms with Crippen LogP contribution in [-0.2, 0) is 19.4 Å². The van der Waals surface area contributed by atoms with Crippen LogP contribution in [0.1, 0.15) is 28.9 Å². The first kappa shape index (κ1) is 16.8. The van der Waals surface area contributed by atoms with Gasteiger partial charge in [0.2, 0.25) is 0 Å². The molecular formula is C21H19ClN2O3. The molecule has 3 heterocycles. The van der Waals surface area contributed by atoms with E-state index < -0.39 is 6.10 Å². The lowest BCUT2D eigenvalue weighted by Gasteiger charge is -2.15. The van der Waals surface area contributed by atoms with Gasteiger partial charge < -0.3 is 18.8 Å². The number of rotatable bonds is 3. The van der Waals surface area contributed by atoms with E-state index in [1.165, 1.54) is 0 Å². The summed E-state index contributed by atoms with van der Waals surface area (Å²) in [6, 6.07) is 11.3. The van der Waals surface area contributed by atoms with Crippen LogP contribution in [-0.4, -0.2) is 28.6 Å². The van der Waals surface area contributed by atoms with Crippen LogP contribution in [0.3, 0.4) is 0 Å². The van der Waals surface area contributed by atoms with E-state index in [4.69, 9.17) is 20.4 Å². The highest BCUT2D eigenvalue weighted by atomic mass is 35.5. The van der Waals surface area contributed by atoms with Crippen molar-refractivity contribution in [2.75, 3.05) is 13.6 Å². The Morgan fingerprint density at radius 3 is 2.85 bits per heavy atom. The van der Waals surface area contributed by atoms with Gasteiger partial charge in [0, 0.05) is 29.1 Å². The molecule has 0 bridgehead atoms. The normalized spacial score (nSPS) is 16.1. The van der Waals surface area contributed by atoms with Crippen LogP contribution >= 0.6 is 11.6 Å². The summed E-state index contributed by atoms with van der Waals surface area (Å²) in [4.78, 5) is 6.69. The number of hydrogen-bond donors (Lipinski definition) is 1. The molecule has 1 atom stereocenters. The lowest BCUT2D eigenvalue weighted by molar-refractivity contribution is 0.142. The molecule has 5 rings (SSSR count). The van der Waals surface area contributed by atoms with Crippen molar-refractivity contribution in [1.82, 2.24) is 9.88 Å². The molecule has 0 spiro atoms. The van der Waals surface area contributed by atoms with Gasteiger partial charge in [0.25, 0.3) is 0 Å². The van der Waals surface area contributed by atoms with Crippen molar-refractivity contribution >= 4 is 33.7 Å². The van der Waals surface area contributed by atoms with Crippen LogP contribution in [0.4, 0.5) is 0 Å². The first-order chi connectivity index (χ1) is 13.1. The average molecular weight is 383 g/mol. The maximum Gasteiger partial charge on any atom is 0.198 e. The van der Waals surface area contributed by atoms with Crippen LogP contribution in [0, 0.1) is 0 Å². The number of halogens is 1. The minimum atomic E-state index is -0.835. The minimum absolute atomic E-state index is 0.258. The molecule has 2 aromatic heterocycles. The van der Waals surface area contributed by atoms with Gasteiger partial charge in [0.05, 0.1) is 6.42 Å². The number of aliphatic hydroxyl groups excluding tert-OH is 1. The molecule has 0 radical (unpaired) electrons. The molecule has 2 aromatic carbocycles. The monoisotopic (exact) mass is 382 g/mol. The Morgan fingerprint density at radius 2 is 2.00 bits per heavy atom. The van der Waals surface area contributed by atoms with Crippen LogP contribution in [0.25, 0.3) is 22.1 Å². The van der Waals surface area contributed by atoms with Crippen molar-refractivity contribution < 1.29 is 13.9 Å². The van der Waals surface area contributed by atoms with Gasteiger partial charge in [-0.25, -0.2) is 4.98 Å². The summed E-state index contributed by atoms with van der Waals surface area (Å²) >= 11 is 6.45. The molecule has 138 valence electrons. The molecule has 0 aliphatic carbocycles. The zero-order chi connectivity index (χ0) is 18.5. The molecule has 1 N–H and O–H groups in total. The number of benzene rings is 2. The van der Waals surface area contributed by atoms with Crippen molar-refractivity contribution in [2.45, 2.75) is 25.5 Å². The predicted molar refractivity (Wildman–Crippen MR) is 104 cm³/mol. The Morgan fingerprint density at radius 1 is 1.15 bits per heavy atom. The van der Waals surface area contributed by atoms with Crippen molar-refractivity contribution in [2.24, 2.45) is 0 Å². The molecule has 0 fully saturated rings. The van der Waals surface area contributed by atoms with Gasteiger partial charge in [0.1, 0.15) is 23.0 Å². The summed E-state index contributed by atoms with van der Waals surface area (Å²) in [6.07, 6.45) is 0.285. The Kier molecular flexibility index (Phi) is 3.97. The highest BCUT2D eigenvalue weighted by Gasteiger charge is 2.27. The van der Waals surface area contributed by atoms with E-state index in [9.17, 15) is 5.11 Å². The molecule has 1 unspecified atom stereocenters. The number of hydrogen-bond acceptors (Lipinski definition) is 5. The molecular weight excluding hydrogens is 364 g/mol. The molecule has 6 heteroatoms. The van der Waals surface area contributed by atoms with Gasteiger partial charge in [-0.2, -0.15) is 0 Å². The number of oxazole rings is 1. The van der Waals surface area contributed by atoms with Crippen LogP contribution in [0.5, 0.6) is 0 Å². The number of para-hydroxylation sites is 2. The molecule has 1 aliphatic rings. The maximum absolute atomic E-state index is 10.9. The second-order valence-electron chi connectivity index (χ2n) is 7.13. The van der Waals surface area contributed by atoms with Gasteiger partial charge in [-0.15, -0.1) is 0 Å². The summed E-state index contributed by atoms with van der Waals surface area (Å²) in [5, 5.41) is 12.7. The summed E-state index contributed by atoms with van der Waals surface area (Å²) in [6.45, 7) is 1.62. The first-order valence-electron chi connectivity index (χ1n) is 9.04. The Bertz CT molecular complexity index is 1110. The summed E-state index contributed by atoms with van der Waals surface area (Å²) < 4.78 is 11.8. The zero-order valence-electron chi connectivity index (χ0n) is 14.9. The van der Waals surface area contributed by atoms with Gasteiger partial charge in [-0.05, 0) is 43.3 Å². The van der Waals surface area contributed by atoms with E-state index in [2.05, 4.69) is 16.9 Å². The first-order valence-corrected chi connectivity index (χ1v) is 9.41. The van der Waals surface area contributed by atoms with Gasteiger partial charge in [0.15, 0.2) is 11.5 Å². The van der Waals surface area contributed by atoms with Crippen molar-refractivity contribution in [1.29, 1.82) is 0 Å². The summed E-state index contributed by atoms with van der Waals surface area (Å²) in [5.41, 5.74) is 4.38.